The number of aryl methyl sites for hydroxylation is 1. The van der Waals surface area contributed by atoms with Crippen molar-refractivity contribution in [3.8, 4) is 11.4 Å². The Morgan fingerprint density at radius 2 is 2.04 bits per heavy atom. The van der Waals surface area contributed by atoms with Crippen LogP contribution in [0.5, 0.6) is 0 Å². The third-order valence-corrected chi connectivity index (χ3v) is 5.96. The lowest BCUT2D eigenvalue weighted by atomic mass is 10.1. The van der Waals surface area contributed by atoms with Crippen molar-refractivity contribution >= 4 is 29.0 Å². The van der Waals surface area contributed by atoms with Gasteiger partial charge in [-0.3, -0.25) is 4.79 Å². The number of carbonyl (C=O) groups is 1. The van der Waals surface area contributed by atoms with Crippen LogP contribution in [-0.2, 0) is 17.9 Å². The van der Waals surface area contributed by atoms with Crippen molar-refractivity contribution < 1.29 is 4.79 Å². The van der Waals surface area contributed by atoms with Crippen molar-refractivity contribution in [2.24, 2.45) is 0 Å². The van der Waals surface area contributed by atoms with Gasteiger partial charge in [-0.25, -0.2) is 0 Å². The monoisotopic (exact) mass is 386 g/mol. The first-order valence-electron chi connectivity index (χ1n) is 8.48. The Balaban J connectivity index is 1.69. The molecule has 1 aromatic carbocycles. The largest absolute Gasteiger partial charge is 0.340 e. The van der Waals surface area contributed by atoms with Gasteiger partial charge in [-0.15, -0.1) is 21.5 Å². The summed E-state index contributed by atoms with van der Waals surface area (Å²) in [5, 5.41) is 11.5. The molecule has 0 fully saturated rings. The van der Waals surface area contributed by atoms with Gasteiger partial charge in [-0.2, -0.15) is 0 Å². The molecule has 0 aliphatic rings. The summed E-state index contributed by atoms with van der Waals surface area (Å²) in [6.07, 6.45) is 0. The molecule has 0 atom stereocenters. The number of amides is 1. The van der Waals surface area contributed by atoms with E-state index in [4.69, 9.17) is 0 Å². The zero-order valence-corrected chi connectivity index (χ0v) is 16.8. The first-order chi connectivity index (χ1) is 12.6. The highest BCUT2D eigenvalue weighted by Gasteiger charge is 2.17. The fourth-order valence-corrected chi connectivity index (χ4v) is 4.36. The first kappa shape index (κ1) is 18.7. The van der Waals surface area contributed by atoms with Crippen molar-refractivity contribution in [1.82, 2.24) is 19.7 Å². The molecule has 0 saturated carbocycles. The molecule has 1 amide bonds. The summed E-state index contributed by atoms with van der Waals surface area (Å²) in [4.78, 5) is 15.4. The lowest BCUT2D eigenvalue weighted by Crippen LogP contribution is -2.27. The number of benzene rings is 1. The minimum absolute atomic E-state index is 0.0893. The predicted octanol–water partition coefficient (Wildman–Crippen LogP) is 4.09. The van der Waals surface area contributed by atoms with Crippen LogP contribution in [0.1, 0.15) is 17.4 Å². The quantitative estimate of drug-likeness (QED) is 0.574. The number of hydrogen-bond acceptors (Lipinski definition) is 5. The highest BCUT2D eigenvalue weighted by atomic mass is 32.2. The molecular weight excluding hydrogens is 364 g/mol. The van der Waals surface area contributed by atoms with Gasteiger partial charge in [0.2, 0.25) is 5.91 Å². The van der Waals surface area contributed by atoms with E-state index in [1.165, 1.54) is 16.6 Å². The third kappa shape index (κ3) is 4.16. The van der Waals surface area contributed by atoms with Crippen LogP contribution in [0.2, 0.25) is 0 Å². The van der Waals surface area contributed by atoms with Gasteiger partial charge < -0.3 is 9.47 Å². The number of carbonyl (C=O) groups excluding carboxylic acids is 1. The molecule has 136 valence electrons. The number of rotatable bonds is 7. The molecule has 7 heteroatoms. The minimum Gasteiger partial charge on any atom is -0.340 e. The van der Waals surface area contributed by atoms with E-state index in [9.17, 15) is 4.79 Å². The van der Waals surface area contributed by atoms with Gasteiger partial charge in [0.15, 0.2) is 11.0 Å². The van der Waals surface area contributed by atoms with E-state index in [1.54, 1.807) is 16.2 Å². The number of hydrogen-bond donors (Lipinski definition) is 0. The highest BCUT2D eigenvalue weighted by molar-refractivity contribution is 7.99. The molecule has 2 heterocycles. The van der Waals surface area contributed by atoms with Gasteiger partial charge in [0.05, 0.1) is 12.3 Å². The summed E-state index contributed by atoms with van der Waals surface area (Å²) in [5.41, 5.74) is 2.24. The van der Waals surface area contributed by atoms with Gasteiger partial charge in [0.1, 0.15) is 0 Å². The summed E-state index contributed by atoms with van der Waals surface area (Å²) >= 11 is 3.11. The topological polar surface area (TPSA) is 51.0 Å². The Kier molecular flexibility index (Phi) is 6.11. The second-order valence-corrected chi connectivity index (χ2v) is 7.96. The second kappa shape index (κ2) is 8.51. The Hall–Kier alpha value is -2.12. The zero-order valence-electron chi connectivity index (χ0n) is 15.2. The van der Waals surface area contributed by atoms with E-state index in [2.05, 4.69) is 40.7 Å². The number of thiophene rings is 1. The second-order valence-electron chi connectivity index (χ2n) is 5.98. The molecule has 0 aliphatic carbocycles. The van der Waals surface area contributed by atoms with E-state index in [1.807, 2.05) is 36.7 Å². The SMILES string of the molecule is CCn1c(SCC(=O)N(C)Cc2cccs2)nnc1-c1ccccc1C. The summed E-state index contributed by atoms with van der Waals surface area (Å²) in [6, 6.07) is 12.2. The number of nitrogens with zero attached hydrogens (tertiary/aromatic N) is 4. The number of thioether (sulfide) groups is 1. The fourth-order valence-electron chi connectivity index (χ4n) is 2.66. The van der Waals surface area contributed by atoms with Gasteiger partial charge in [-0.1, -0.05) is 42.1 Å². The summed E-state index contributed by atoms with van der Waals surface area (Å²) in [5.74, 6) is 1.30. The molecule has 0 bridgehead atoms. The van der Waals surface area contributed by atoms with Crippen molar-refractivity contribution in [2.75, 3.05) is 12.8 Å². The van der Waals surface area contributed by atoms with Gasteiger partial charge in [0, 0.05) is 24.0 Å². The van der Waals surface area contributed by atoms with Crippen LogP contribution in [0.4, 0.5) is 0 Å². The van der Waals surface area contributed by atoms with Gasteiger partial charge >= 0.3 is 0 Å². The van der Waals surface area contributed by atoms with Crippen LogP contribution >= 0.6 is 23.1 Å². The van der Waals surface area contributed by atoms with E-state index in [0.717, 1.165) is 28.7 Å². The average molecular weight is 387 g/mol. The zero-order chi connectivity index (χ0) is 18.5. The third-order valence-electron chi connectivity index (χ3n) is 4.14. The standard InChI is InChI=1S/C19H22N4OS2/c1-4-23-18(16-10-6-5-8-14(16)2)20-21-19(23)26-13-17(24)22(3)12-15-9-7-11-25-15/h5-11H,4,12-13H2,1-3H3. The Labute approximate surface area is 162 Å². The molecule has 0 spiro atoms. The molecule has 0 N–H and O–H groups in total. The van der Waals surface area contributed by atoms with Crippen molar-refractivity contribution in [1.29, 1.82) is 0 Å². The molecule has 5 nitrogen and oxygen atoms in total. The molecule has 0 aliphatic heterocycles. The Bertz CT molecular complexity index is 874. The van der Waals surface area contributed by atoms with Gasteiger partial charge in [0.25, 0.3) is 0 Å². The van der Waals surface area contributed by atoms with Crippen LogP contribution in [0, 0.1) is 6.92 Å². The van der Waals surface area contributed by atoms with E-state index >= 15 is 0 Å². The maximum atomic E-state index is 12.4. The summed E-state index contributed by atoms with van der Waals surface area (Å²) < 4.78 is 2.07. The Morgan fingerprint density at radius 1 is 1.23 bits per heavy atom. The van der Waals surface area contributed by atoms with E-state index in [-0.39, 0.29) is 5.91 Å². The highest BCUT2D eigenvalue weighted by Crippen LogP contribution is 2.26. The van der Waals surface area contributed by atoms with E-state index < -0.39 is 0 Å². The van der Waals surface area contributed by atoms with Crippen LogP contribution in [0.3, 0.4) is 0 Å². The first-order valence-corrected chi connectivity index (χ1v) is 10.3. The molecule has 0 unspecified atom stereocenters. The molecule has 0 saturated heterocycles. The predicted molar refractivity (Wildman–Crippen MR) is 107 cm³/mol. The molecule has 26 heavy (non-hydrogen) atoms. The maximum Gasteiger partial charge on any atom is 0.233 e. The lowest BCUT2D eigenvalue weighted by molar-refractivity contribution is -0.127. The number of aromatic nitrogens is 3. The van der Waals surface area contributed by atoms with Crippen LogP contribution in [-0.4, -0.2) is 38.4 Å². The minimum atomic E-state index is 0.0893. The maximum absolute atomic E-state index is 12.4. The smallest absolute Gasteiger partial charge is 0.233 e. The van der Waals surface area contributed by atoms with E-state index in [0.29, 0.717) is 12.3 Å². The lowest BCUT2D eigenvalue weighted by Gasteiger charge is -2.16. The molecule has 3 aromatic rings. The Morgan fingerprint density at radius 3 is 2.73 bits per heavy atom. The van der Waals surface area contributed by atoms with Crippen LogP contribution in [0.15, 0.2) is 46.9 Å². The summed E-state index contributed by atoms with van der Waals surface area (Å²) in [6.45, 7) is 5.55. The van der Waals surface area contributed by atoms with Crippen LogP contribution < -0.4 is 0 Å². The molecule has 0 radical (unpaired) electrons. The van der Waals surface area contributed by atoms with Crippen molar-refractivity contribution in [3.63, 3.8) is 0 Å². The fraction of sp³-hybridized carbons (Fsp3) is 0.316. The summed E-state index contributed by atoms with van der Waals surface area (Å²) in [7, 11) is 1.84. The average Bonchev–Trinajstić information content (AvgIpc) is 3.29. The van der Waals surface area contributed by atoms with Crippen molar-refractivity contribution in [3.05, 3.63) is 52.2 Å². The van der Waals surface area contributed by atoms with Gasteiger partial charge in [-0.05, 0) is 30.9 Å². The molecule has 2 aromatic heterocycles. The molecule has 3 rings (SSSR count). The molecular formula is C19H22N4OS2. The normalized spacial score (nSPS) is 10.9. The van der Waals surface area contributed by atoms with Crippen LogP contribution in [0.25, 0.3) is 11.4 Å². The van der Waals surface area contributed by atoms with Crippen molar-refractivity contribution in [2.45, 2.75) is 32.1 Å².